The SMILES string of the molecule is COc1ccc(OC)c(CCC(=O)NCC(c2ccc(N(C)C)cc2)c2c[nH]c3ccccc23)c1. The van der Waals surface area contributed by atoms with Crippen molar-refractivity contribution in [3.05, 3.63) is 89.6 Å². The van der Waals surface area contributed by atoms with E-state index in [0.717, 1.165) is 33.8 Å². The fourth-order valence-electron chi connectivity index (χ4n) is 4.42. The van der Waals surface area contributed by atoms with Crippen LogP contribution in [0.1, 0.15) is 29.0 Å². The molecule has 0 bridgehead atoms. The number of hydrogen-bond acceptors (Lipinski definition) is 4. The number of carbonyl (C=O) groups excluding carboxylic acids is 1. The zero-order valence-electron chi connectivity index (χ0n) is 20.8. The number of aromatic amines is 1. The second-order valence-corrected chi connectivity index (χ2v) is 8.81. The number of nitrogens with zero attached hydrogens (tertiary/aromatic N) is 1. The average molecular weight is 472 g/mol. The molecule has 6 heteroatoms. The maximum Gasteiger partial charge on any atom is 0.220 e. The zero-order valence-corrected chi connectivity index (χ0v) is 20.8. The minimum Gasteiger partial charge on any atom is -0.497 e. The number of anilines is 1. The van der Waals surface area contributed by atoms with E-state index in [0.29, 0.717) is 19.4 Å². The highest BCUT2D eigenvalue weighted by atomic mass is 16.5. The van der Waals surface area contributed by atoms with Crippen molar-refractivity contribution in [2.24, 2.45) is 0 Å². The Morgan fingerprint density at radius 3 is 2.49 bits per heavy atom. The summed E-state index contributed by atoms with van der Waals surface area (Å²) in [5.41, 5.74) is 5.52. The number of ether oxygens (including phenoxy) is 2. The van der Waals surface area contributed by atoms with E-state index >= 15 is 0 Å². The molecule has 0 radical (unpaired) electrons. The molecule has 1 heterocycles. The molecule has 35 heavy (non-hydrogen) atoms. The zero-order chi connectivity index (χ0) is 24.8. The number of aryl methyl sites for hydroxylation is 1. The smallest absolute Gasteiger partial charge is 0.220 e. The molecular weight excluding hydrogens is 438 g/mol. The average Bonchev–Trinajstić information content (AvgIpc) is 3.31. The second-order valence-electron chi connectivity index (χ2n) is 8.81. The largest absolute Gasteiger partial charge is 0.497 e. The van der Waals surface area contributed by atoms with Crippen molar-refractivity contribution < 1.29 is 14.3 Å². The maximum absolute atomic E-state index is 12.9. The minimum atomic E-state index is 0.00428. The first-order chi connectivity index (χ1) is 17.0. The van der Waals surface area contributed by atoms with Crippen molar-refractivity contribution in [1.29, 1.82) is 0 Å². The Bertz CT molecular complexity index is 1280. The maximum atomic E-state index is 12.9. The highest BCUT2D eigenvalue weighted by Gasteiger charge is 2.19. The summed E-state index contributed by atoms with van der Waals surface area (Å²) in [4.78, 5) is 18.3. The van der Waals surface area contributed by atoms with Crippen LogP contribution < -0.4 is 19.7 Å². The highest BCUT2D eigenvalue weighted by Crippen LogP contribution is 2.31. The molecule has 0 aliphatic heterocycles. The minimum absolute atomic E-state index is 0.00428. The number of nitrogens with one attached hydrogen (secondary N) is 2. The normalized spacial score (nSPS) is 11.8. The molecule has 1 amide bonds. The van der Waals surface area contributed by atoms with Gasteiger partial charge in [0, 0.05) is 55.8 Å². The Balaban J connectivity index is 1.51. The topological polar surface area (TPSA) is 66.6 Å². The Hall–Kier alpha value is -3.93. The van der Waals surface area contributed by atoms with Crippen LogP contribution in [0, 0.1) is 0 Å². The number of carbonyl (C=O) groups is 1. The molecule has 0 saturated carbocycles. The number of H-pyrrole nitrogens is 1. The van der Waals surface area contributed by atoms with Crippen LogP contribution in [-0.2, 0) is 11.2 Å². The summed E-state index contributed by atoms with van der Waals surface area (Å²) in [6, 6.07) is 22.5. The van der Waals surface area contributed by atoms with Gasteiger partial charge in [-0.25, -0.2) is 0 Å². The summed E-state index contributed by atoms with van der Waals surface area (Å²) in [5, 5.41) is 4.34. The van der Waals surface area contributed by atoms with Crippen LogP contribution in [0.15, 0.2) is 72.9 Å². The van der Waals surface area contributed by atoms with Crippen molar-refractivity contribution in [1.82, 2.24) is 10.3 Å². The first-order valence-electron chi connectivity index (χ1n) is 11.8. The Morgan fingerprint density at radius 2 is 1.77 bits per heavy atom. The molecule has 0 aliphatic carbocycles. The molecule has 0 spiro atoms. The number of para-hydroxylation sites is 1. The van der Waals surface area contributed by atoms with Crippen LogP contribution in [0.3, 0.4) is 0 Å². The standard InChI is InChI=1S/C29H33N3O3/c1-32(2)22-12-9-20(10-13-22)25(26-19-30-27-8-6-5-7-24(26)27)18-31-29(33)16-11-21-17-23(34-3)14-15-28(21)35-4/h5-10,12-15,17,19,25,30H,11,16,18H2,1-4H3,(H,31,33). The molecule has 2 N–H and O–H groups in total. The first kappa shape index (κ1) is 24.2. The Kier molecular flexibility index (Phi) is 7.60. The molecule has 6 nitrogen and oxygen atoms in total. The molecule has 182 valence electrons. The molecule has 4 rings (SSSR count). The molecule has 1 unspecified atom stereocenters. The van der Waals surface area contributed by atoms with Gasteiger partial charge < -0.3 is 24.7 Å². The molecule has 0 saturated heterocycles. The number of amides is 1. The lowest BCUT2D eigenvalue weighted by Crippen LogP contribution is -2.29. The van der Waals surface area contributed by atoms with Gasteiger partial charge in [-0.05, 0) is 59.5 Å². The van der Waals surface area contributed by atoms with E-state index in [1.807, 2.05) is 44.4 Å². The quantitative estimate of drug-likeness (QED) is 0.336. The lowest BCUT2D eigenvalue weighted by molar-refractivity contribution is -0.121. The second kappa shape index (κ2) is 11.0. The third-order valence-corrected chi connectivity index (χ3v) is 6.42. The predicted octanol–water partition coefficient (Wildman–Crippen LogP) is 5.13. The third-order valence-electron chi connectivity index (χ3n) is 6.42. The van der Waals surface area contributed by atoms with E-state index in [9.17, 15) is 4.79 Å². The third kappa shape index (κ3) is 5.60. The Morgan fingerprint density at radius 1 is 1.00 bits per heavy atom. The van der Waals surface area contributed by atoms with Gasteiger partial charge in [-0.15, -0.1) is 0 Å². The monoisotopic (exact) mass is 471 g/mol. The van der Waals surface area contributed by atoms with Crippen LogP contribution in [0.25, 0.3) is 10.9 Å². The summed E-state index contributed by atoms with van der Waals surface area (Å²) >= 11 is 0. The van der Waals surface area contributed by atoms with Crippen LogP contribution in [-0.4, -0.2) is 45.8 Å². The molecule has 1 atom stereocenters. The van der Waals surface area contributed by atoms with Crippen molar-refractivity contribution in [2.45, 2.75) is 18.8 Å². The van der Waals surface area contributed by atoms with Crippen LogP contribution in [0.5, 0.6) is 11.5 Å². The molecule has 0 fully saturated rings. The van der Waals surface area contributed by atoms with Gasteiger partial charge in [0.15, 0.2) is 0 Å². The van der Waals surface area contributed by atoms with E-state index in [1.54, 1.807) is 14.2 Å². The van der Waals surface area contributed by atoms with Gasteiger partial charge >= 0.3 is 0 Å². The summed E-state index contributed by atoms with van der Waals surface area (Å²) < 4.78 is 10.8. The van der Waals surface area contributed by atoms with E-state index in [2.05, 4.69) is 57.8 Å². The van der Waals surface area contributed by atoms with E-state index in [4.69, 9.17) is 9.47 Å². The van der Waals surface area contributed by atoms with Gasteiger partial charge in [0.25, 0.3) is 0 Å². The van der Waals surface area contributed by atoms with E-state index in [1.165, 1.54) is 10.9 Å². The first-order valence-corrected chi connectivity index (χ1v) is 11.8. The van der Waals surface area contributed by atoms with Crippen molar-refractivity contribution in [3.8, 4) is 11.5 Å². The fraction of sp³-hybridized carbons (Fsp3) is 0.276. The fourth-order valence-corrected chi connectivity index (χ4v) is 4.42. The number of fused-ring (bicyclic) bond motifs is 1. The van der Waals surface area contributed by atoms with E-state index < -0.39 is 0 Å². The van der Waals surface area contributed by atoms with Crippen molar-refractivity contribution in [2.75, 3.05) is 39.8 Å². The molecular formula is C29H33N3O3. The van der Waals surface area contributed by atoms with Gasteiger partial charge in [0.1, 0.15) is 11.5 Å². The number of benzene rings is 3. The van der Waals surface area contributed by atoms with Crippen LogP contribution in [0.2, 0.25) is 0 Å². The summed E-state index contributed by atoms with van der Waals surface area (Å²) in [5.74, 6) is 1.54. The highest BCUT2D eigenvalue weighted by molar-refractivity contribution is 5.84. The number of hydrogen-bond donors (Lipinski definition) is 2. The summed E-state index contributed by atoms with van der Waals surface area (Å²) in [6.45, 7) is 0.511. The lowest BCUT2D eigenvalue weighted by atomic mass is 9.90. The molecule has 1 aromatic heterocycles. The van der Waals surface area contributed by atoms with Crippen LogP contribution >= 0.6 is 0 Å². The van der Waals surface area contributed by atoms with Crippen LogP contribution in [0.4, 0.5) is 5.69 Å². The van der Waals surface area contributed by atoms with Gasteiger partial charge in [0.05, 0.1) is 14.2 Å². The molecule has 3 aromatic carbocycles. The molecule has 4 aromatic rings. The van der Waals surface area contributed by atoms with Gasteiger partial charge in [-0.1, -0.05) is 30.3 Å². The summed E-state index contributed by atoms with van der Waals surface area (Å²) in [7, 11) is 7.33. The van der Waals surface area contributed by atoms with Gasteiger partial charge in [-0.2, -0.15) is 0 Å². The van der Waals surface area contributed by atoms with Crippen molar-refractivity contribution >= 4 is 22.5 Å². The Labute approximate surface area is 206 Å². The number of aromatic nitrogens is 1. The van der Waals surface area contributed by atoms with E-state index in [-0.39, 0.29) is 11.8 Å². The predicted molar refractivity (Wildman–Crippen MR) is 142 cm³/mol. The summed E-state index contributed by atoms with van der Waals surface area (Å²) in [6.07, 6.45) is 2.99. The van der Waals surface area contributed by atoms with Gasteiger partial charge in [0.2, 0.25) is 5.91 Å². The van der Waals surface area contributed by atoms with Crippen molar-refractivity contribution in [3.63, 3.8) is 0 Å². The van der Waals surface area contributed by atoms with Gasteiger partial charge in [-0.3, -0.25) is 4.79 Å². The molecule has 0 aliphatic rings. The lowest BCUT2D eigenvalue weighted by Gasteiger charge is -2.20. The number of methoxy groups -OCH3 is 2. The number of rotatable bonds is 10.